The van der Waals surface area contributed by atoms with Crippen LogP contribution < -0.4 is 4.90 Å². The van der Waals surface area contributed by atoms with Gasteiger partial charge in [-0.2, -0.15) is 0 Å². The molecule has 0 spiro atoms. The highest BCUT2D eigenvalue weighted by Gasteiger charge is 2.23. The largest absolute Gasteiger partial charge is 0.476 e. The topological polar surface area (TPSA) is 66.6 Å². The van der Waals surface area contributed by atoms with Gasteiger partial charge in [0.1, 0.15) is 0 Å². The lowest BCUT2D eigenvalue weighted by Crippen LogP contribution is -2.23. The van der Waals surface area contributed by atoms with E-state index >= 15 is 0 Å². The Labute approximate surface area is 95.1 Å². The van der Waals surface area contributed by atoms with Crippen LogP contribution in [0.3, 0.4) is 0 Å². The Morgan fingerprint density at radius 2 is 2.00 bits per heavy atom. The smallest absolute Gasteiger partial charge is 0.360 e. The normalized spacial score (nSPS) is 10.8. The monoisotopic (exact) mass is 226 g/mol. The number of anilines is 1. The summed E-state index contributed by atoms with van der Waals surface area (Å²) in [5.74, 6) is -0.125. The lowest BCUT2D eigenvalue weighted by Gasteiger charge is -2.17. The molecule has 0 saturated heterocycles. The van der Waals surface area contributed by atoms with E-state index in [9.17, 15) is 4.79 Å². The molecule has 90 valence electrons. The number of aromatic nitrogens is 1. The number of carboxylic acid groups (broad SMARTS) is 1. The second-order valence-corrected chi connectivity index (χ2v) is 3.84. The van der Waals surface area contributed by atoms with Gasteiger partial charge in [-0.15, -0.1) is 0 Å². The molecule has 0 unspecified atom stereocenters. The van der Waals surface area contributed by atoms with Crippen LogP contribution in [-0.4, -0.2) is 29.1 Å². The molecule has 0 fully saturated rings. The number of hydrogen-bond donors (Lipinski definition) is 1. The molecule has 5 heteroatoms. The van der Waals surface area contributed by atoms with Crippen molar-refractivity contribution in [2.75, 3.05) is 18.0 Å². The standard InChI is InChI=1S/C11H18N2O3/c1-5-13(6-2)10-8(11(14)15)12-9(16-10)7(3)4/h7H,5-6H2,1-4H3,(H,14,15). The molecule has 1 aromatic rings. The molecule has 0 bridgehead atoms. The molecular weight excluding hydrogens is 208 g/mol. The Hall–Kier alpha value is -1.52. The fourth-order valence-corrected chi connectivity index (χ4v) is 1.44. The van der Waals surface area contributed by atoms with E-state index in [2.05, 4.69) is 4.98 Å². The number of carbonyl (C=O) groups is 1. The quantitative estimate of drug-likeness (QED) is 0.834. The van der Waals surface area contributed by atoms with Gasteiger partial charge in [0, 0.05) is 19.0 Å². The molecule has 0 saturated carbocycles. The molecule has 16 heavy (non-hydrogen) atoms. The molecule has 0 radical (unpaired) electrons. The first-order chi connectivity index (χ1) is 7.51. The Morgan fingerprint density at radius 1 is 1.44 bits per heavy atom. The van der Waals surface area contributed by atoms with Crippen molar-refractivity contribution in [1.29, 1.82) is 0 Å². The predicted molar refractivity (Wildman–Crippen MR) is 61.1 cm³/mol. The van der Waals surface area contributed by atoms with E-state index in [1.807, 2.05) is 32.6 Å². The summed E-state index contributed by atoms with van der Waals surface area (Å²) in [6, 6.07) is 0. The van der Waals surface area contributed by atoms with Crippen molar-refractivity contribution in [3.8, 4) is 0 Å². The third-order valence-electron chi connectivity index (χ3n) is 2.37. The van der Waals surface area contributed by atoms with Gasteiger partial charge in [-0.05, 0) is 13.8 Å². The van der Waals surface area contributed by atoms with Crippen LogP contribution >= 0.6 is 0 Å². The highest BCUT2D eigenvalue weighted by molar-refractivity contribution is 5.90. The van der Waals surface area contributed by atoms with Crippen LogP contribution in [-0.2, 0) is 0 Å². The lowest BCUT2D eigenvalue weighted by atomic mass is 10.2. The van der Waals surface area contributed by atoms with Crippen molar-refractivity contribution in [2.24, 2.45) is 0 Å². The van der Waals surface area contributed by atoms with E-state index in [0.29, 0.717) is 24.9 Å². The van der Waals surface area contributed by atoms with E-state index in [4.69, 9.17) is 9.52 Å². The average Bonchev–Trinajstić information content (AvgIpc) is 2.64. The number of nitrogens with zero attached hydrogens (tertiary/aromatic N) is 2. The number of hydrogen-bond acceptors (Lipinski definition) is 4. The summed E-state index contributed by atoms with van der Waals surface area (Å²) in [6.45, 7) is 9.14. The zero-order chi connectivity index (χ0) is 12.3. The summed E-state index contributed by atoms with van der Waals surface area (Å²) in [4.78, 5) is 16.9. The van der Waals surface area contributed by atoms with Crippen LogP contribution in [0.15, 0.2) is 4.42 Å². The van der Waals surface area contributed by atoms with Gasteiger partial charge in [-0.3, -0.25) is 0 Å². The van der Waals surface area contributed by atoms with Gasteiger partial charge in [0.25, 0.3) is 0 Å². The minimum absolute atomic E-state index is 0.00685. The van der Waals surface area contributed by atoms with Crippen LogP contribution in [0, 0.1) is 0 Å². The molecule has 0 amide bonds. The van der Waals surface area contributed by atoms with E-state index < -0.39 is 5.97 Å². The summed E-state index contributed by atoms with van der Waals surface area (Å²) in [6.07, 6.45) is 0. The van der Waals surface area contributed by atoms with Crippen LogP contribution in [0.2, 0.25) is 0 Å². The highest BCUT2D eigenvalue weighted by Crippen LogP contribution is 2.25. The second kappa shape index (κ2) is 5.01. The van der Waals surface area contributed by atoms with Gasteiger partial charge < -0.3 is 14.4 Å². The van der Waals surface area contributed by atoms with E-state index in [1.165, 1.54) is 0 Å². The van der Waals surface area contributed by atoms with Crippen molar-refractivity contribution in [2.45, 2.75) is 33.6 Å². The van der Waals surface area contributed by atoms with Gasteiger partial charge >= 0.3 is 5.97 Å². The molecule has 1 N–H and O–H groups in total. The molecule has 0 aromatic carbocycles. The van der Waals surface area contributed by atoms with E-state index in [0.717, 1.165) is 0 Å². The number of oxazole rings is 1. The lowest BCUT2D eigenvalue weighted by molar-refractivity contribution is 0.0691. The summed E-state index contributed by atoms with van der Waals surface area (Å²) in [5, 5.41) is 9.05. The number of rotatable bonds is 5. The number of aromatic carboxylic acids is 1. The fraction of sp³-hybridized carbons (Fsp3) is 0.636. The molecule has 5 nitrogen and oxygen atoms in total. The highest BCUT2D eigenvalue weighted by atomic mass is 16.4. The molecule has 1 aromatic heterocycles. The average molecular weight is 226 g/mol. The first-order valence-corrected chi connectivity index (χ1v) is 5.50. The minimum atomic E-state index is -1.04. The van der Waals surface area contributed by atoms with Crippen LogP contribution in [0.25, 0.3) is 0 Å². The van der Waals surface area contributed by atoms with E-state index in [-0.39, 0.29) is 11.6 Å². The maximum atomic E-state index is 11.0. The molecule has 1 heterocycles. The number of carboxylic acids is 1. The fourth-order valence-electron chi connectivity index (χ4n) is 1.44. The van der Waals surface area contributed by atoms with Crippen molar-refractivity contribution >= 4 is 11.9 Å². The van der Waals surface area contributed by atoms with Crippen LogP contribution in [0.5, 0.6) is 0 Å². The van der Waals surface area contributed by atoms with Gasteiger partial charge in [0.15, 0.2) is 5.89 Å². The Morgan fingerprint density at radius 3 is 2.38 bits per heavy atom. The zero-order valence-electron chi connectivity index (χ0n) is 10.1. The molecular formula is C11H18N2O3. The van der Waals surface area contributed by atoms with Crippen molar-refractivity contribution in [3.63, 3.8) is 0 Å². The third-order valence-corrected chi connectivity index (χ3v) is 2.37. The Balaban J connectivity index is 3.19. The summed E-state index contributed by atoms with van der Waals surface area (Å²) in [7, 11) is 0. The van der Waals surface area contributed by atoms with Crippen LogP contribution in [0.1, 0.15) is 50.0 Å². The van der Waals surface area contributed by atoms with Crippen LogP contribution in [0.4, 0.5) is 5.88 Å². The summed E-state index contributed by atoms with van der Waals surface area (Å²) < 4.78 is 5.52. The predicted octanol–water partition coefficient (Wildman–Crippen LogP) is 2.34. The minimum Gasteiger partial charge on any atom is -0.476 e. The maximum Gasteiger partial charge on any atom is 0.360 e. The Kier molecular flexibility index (Phi) is 3.93. The first kappa shape index (κ1) is 12.5. The Bertz CT molecular complexity index is 367. The van der Waals surface area contributed by atoms with Crippen molar-refractivity contribution in [3.05, 3.63) is 11.6 Å². The van der Waals surface area contributed by atoms with Gasteiger partial charge in [0.05, 0.1) is 0 Å². The van der Waals surface area contributed by atoms with E-state index in [1.54, 1.807) is 0 Å². The molecule has 0 aliphatic rings. The second-order valence-electron chi connectivity index (χ2n) is 3.84. The van der Waals surface area contributed by atoms with Gasteiger partial charge in [-0.1, -0.05) is 13.8 Å². The van der Waals surface area contributed by atoms with Gasteiger partial charge in [0.2, 0.25) is 11.6 Å². The summed E-state index contributed by atoms with van der Waals surface area (Å²) >= 11 is 0. The molecule has 0 aliphatic carbocycles. The molecule has 0 atom stereocenters. The van der Waals surface area contributed by atoms with Gasteiger partial charge in [-0.25, -0.2) is 9.78 Å². The first-order valence-electron chi connectivity index (χ1n) is 5.50. The SMILES string of the molecule is CCN(CC)c1oc(C(C)C)nc1C(=O)O. The van der Waals surface area contributed by atoms with Crippen molar-refractivity contribution in [1.82, 2.24) is 4.98 Å². The molecule has 0 aliphatic heterocycles. The third kappa shape index (κ3) is 2.35. The van der Waals surface area contributed by atoms with Crippen molar-refractivity contribution < 1.29 is 14.3 Å². The maximum absolute atomic E-state index is 11.0. The molecule has 1 rings (SSSR count). The zero-order valence-corrected chi connectivity index (χ0v) is 10.1. The summed E-state index contributed by atoms with van der Waals surface area (Å²) in [5.41, 5.74) is 0.00685.